The van der Waals surface area contributed by atoms with Gasteiger partial charge in [0.05, 0.1) is 0 Å². The molecule has 0 bridgehead atoms. The van der Waals surface area contributed by atoms with Crippen LogP contribution in [0.1, 0.15) is 50.7 Å². The molecule has 0 radical (unpaired) electrons. The van der Waals surface area contributed by atoms with E-state index in [1.807, 2.05) is 19.9 Å². The quantitative estimate of drug-likeness (QED) is 0.894. The van der Waals surface area contributed by atoms with Crippen LogP contribution in [0.3, 0.4) is 0 Å². The maximum absolute atomic E-state index is 13.5. The van der Waals surface area contributed by atoms with Crippen molar-refractivity contribution in [2.75, 3.05) is 19.6 Å². The van der Waals surface area contributed by atoms with E-state index in [0.29, 0.717) is 6.04 Å². The van der Waals surface area contributed by atoms with E-state index >= 15 is 0 Å². The molecular formula is C19H29FN2. The van der Waals surface area contributed by atoms with Gasteiger partial charge in [0.1, 0.15) is 5.82 Å². The van der Waals surface area contributed by atoms with Gasteiger partial charge in [-0.2, -0.15) is 0 Å². The summed E-state index contributed by atoms with van der Waals surface area (Å²) in [5.41, 5.74) is 2.93. The van der Waals surface area contributed by atoms with Gasteiger partial charge in [0.15, 0.2) is 0 Å². The molecule has 2 nitrogen and oxygen atoms in total. The molecule has 0 amide bonds. The number of aryl methyl sites for hydroxylation is 1. The van der Waals surface area contributed by atoms with Gasteiger partial charge < -0.3 is 10.6 Å². The minimum absolute atomic E-state index is 0.0750. The first-order valence-corrected chi connectivity index (χ1v) is 9.01. The van der Waals surface area contributed by atoms with Gasteiger partial charge in [-0.15, -0.1) is 0 Å². The molecule has 2 unspecified atom stereocenters. The molecule has 2 fully saturated rings. The third-order valence-electron chi connectivity index (χ3n) is 5.64. The molecule has 1 heterocycles. The van der Waals surface area contributed by atoms with E-state index < -0.39 is 0 Å². The number of halogens is 1. The lowest BCUT2D eigenvalue weighted by Crippen LogP contribution is -2.35. The van der Waals surface area contributed by atoms with Crippen LogP contribution in [0.2, 0.25) is 0 Å². The molecule has 1 spiro atoms. The van der Waals surface area contributed by atoms with Crippen LogP contribution in [-0.4, -0.2) is 25.7 Å². The maximum Gasteiger partial charge on any atom is 0.123 e. The number of hydrogen-bond donors (Lipinski definition) is 2. The smallest absolute Gasteiger partial charge is 0.123 e. The largest absolute Gasteiger partial charge is 0.317 e. The van der Waals surface area contributed by atoms with Crippen LogP contribution < -0.4 is 10.6 Å². The highest BCUT2D eigenvalue weighted by Crippen LogP contribution is 2.56. The number of hydrogen-bond acceptors (Lipinski definition) is 2. The van der Waals surface area contributed by atoms with Crippen molar-refractivity contribution in [2.24, 2.45) is 5.92 Å². The van der Waals surface area contributed by atoms with E-state index in [1.54, 1.807) is 12.1 Å². The summed E-state index contributed by atoms with van der Waals surface area (Å²) in [6.45, 7) is 7.46. The molecule has 2 atom stereocenters. The molecule has 2 aliphatic carbocycles. The second-order valence-electron chi connectivity index (χ2n) is 6.82. The predicted octanol–water partition coefficient (Wildman–Crippen LogP) is 3.40. The summed E-state index contributed by atoms with van der Waals surface area (Å²) in [7, 11) is 0. The molecule has 4 rings (SSSR count). The number of fused-ring (bicyclic) bond motifs is 2. The van der Waals surface area contributed by atoms with Crippen molar-refractivity contribution in [3.8, 4) is 0 Å². The lowest BCUT2D eigenvalue weighted by Gasteiger charge is -2.23. The van der Waals surface area contributed by atoms with E-state index in [-0.39, 0.29) is 11.2 Å². The second kappa shape index (κ2) is 6.67. The Labute approximate surface area is 133 Å². The molecule has 3 aliphatic rings. The highest BCUT2D eigenvalue weighted by atomic mass is 19.1. The van der Waals surface area contributed by atoms with Crippen molar-refractivity contribution >= 4 is 0 Å². The van der Waals surface area contributed by atoms with E-state index in [2.05, 4.69) is 10.6 Å². The Hall–Kier alpha value is -0.930. The van der Waals surface area contributed by atoms with Crippen LogP contribution in [0.4, 0.5) is 4.39 Å². The maximum atomic E-state index is 13.5. The van der Waals surface area contributed by atoms with Crippen LogP contribution in [-0.2, 0) is 11.8 Å². The normalized spacial score (nSPS) is 29.9. The standard InChI is InChI=1S/C17H23FN2.C2H6/c18-14-2-1-13-3-6-17(15(13)9-14)10-16(17)20-11-12-4-7-19-8-5-12;1-2/h1-2,9,12,16,19-20H,3-8,10-11H2;1-2H3. The fourth-order valence-corrected chi connectivity index (χ4v) is 4.26. The van der Waals surface area contributed by atoms with Crippen molar-refractivity contribution in [1.29, 1.82) is 0 Å². The van der Waals surface area contributed by atoms with Crippen molar-refractivity contribution in [3.63, 3.8) is 0 Å². The van der Waals surface area contributed by atoms with Gasteiger partial charge in [-0.1, -0.05) is 19.9 Å². The first kappa shape index (κ1) is 15.9. The fraction of sp³-hybridized carbons (Fsp3) is 0.684. The molecule has 2 N–H and O–H groups in total. The molecule has 1 aromatic carbocycles. The summed E-state index contributed by atoms with van der Waals surface area (Å²) in [6.07, 6.45) is 6.11. The Morgan fingerprint density at radius 3 is 2.82 bits per heavy atom. The first-order chi connectivity index (χ1) is 10.8. The van der Waals surface area contributed by atoms with Gasteiger partial charge in [0, 0.05) is 11.5 Å². The van der Waals surface area contributed by atoms with E-state index in [1.165, 1.54) is 36.8 Å². The van der Waals surface area contributed by atoms with Crippen molar-refractivity contribution in [3.05, 3.63) is 35.1 Å². The monoisotopic (exact) mass is 304 g/mol. The van der Waals surface area contributed by atoms with Crippen LogP contribution in [0.5, 0.6) is 0 Å². The summed E-state index contributed by atoms with van der Waals surface area (Å²) in [5, 5.41) is 7.19. The van der Waals surface area contributed by atoms with E-state index in [4.69, 9.17) is 0 Å². The molecule has 3 heteroatoms. The molecule has 1 saturated heterocycles. The van der Waals surface area contributed by atoms with E-state index in [9.17, 15) is 4.39 Å². The Balaban J connectivity index is 0.000000693. The lowest BCUT2D eigenvalue weighted by atomic mass is 9.96. The molecular weight excluding hydrogens is 275 g/mol. The average molecular weight is 304 g/mol. The van der Waals surface area contributed by atoms with Crippen molar-refractivity contribution in [2.45, 2.75) is 57.4 Å². The van der Waals surface area contributed by atoms with E-state index in [0.717, 1.165) is 32.0 Å². The minimum atomic E-state index is -0.0750. The highest BCUT2D eigenvalue weighted by molar-refractivity contribution is 5.47. The van der Waals surface area contributed by atoms with Gasteiger partial charge in [-0.25, -0.2) is 4.39 Å². The Bertz CT molecular complexity index is 510. The highest BCUT2D eigenvalue weighted by Gasteiger charge is 2.57. The zero-order valence-electron chi connectivity index (χ0n) is 13.9. The van der Waals surface area contributed by atoms with Gasteiger partial charge >= 0.3 is 0 Å². The van der Waals surface area contributed by atoms with Crippen LogP contribution in [0.15, 0.2) is 18.2 Å². The Morgan fingerprint density at radius 2 is 2.05 bits per heavy atom. The molecule has 122 valence electrons. The second-order valence-corrected chi connectivity index (χ2v) is 6.82. The first-order valence-electron chi connectivity index (χ1n) is 9.01. The summed E-state index contributed by atoms with van der Waals surface area (Å²) in [6, 6.07) is 5.97. The zero-order valence-corrected chi connectivity index (χ0v) is 13.9. The molecule has 0 aromatic heterocycles. The van der Waals surface area contributed by atoms with Crippen LogP contribution in [0, 0.1) is 11.7 Å². The summed E-state index contributed by atoms with van der Waals surface area (Å²) in [4.78, 5) is 0. The Kier molecular flexibility index (Phi) is 4.84. The lowest BCUT2D eigenvalue weighted by molar-refractivity contribution is 0.351. The SMILES string of the molecule is CC.Fc1ccc2c(c1)C1(CC2)CC1NCC1CCNCC1. The number of benzene rings is 1. The van der Waals surface area contributed by atoms with Gasteiger partial charge in [0.2, 0.25) is 0 Å². The third kappa shape index (κ3) is 2.93. The predicted molar refractivity (Wildman–Crippen MR) is 89.7 cm³/mol. The number of piperidine rings is 1. The summed E-state index contributed by atoms with van der Waals surface area (Å²) < 4.78 is 13.5. The summed E-state index contributed by atoms with van der Waals surface area (Å²) in [5.74, 6) is 0.747. The van der Waals surface area contributed by atoms with Gasteiger partial charge in [0.25, 0.3) is 0 Å². The zero-order chi connectivity index (χ0) is 15.6. The molecule has 1 saturated carbocycles. The minimum Gasteiger partial charge on any atom is -0.317 e. The van der Waals surface area contributed by atoms with Crippen LogP contribution in [0.25, 0.3) is 0 Å². The van der Waals surface area contributed by atoms with Crippen LogP contribution >= 0.6 is 0 Å². The number of rotatable bonds is 3. The third-order valence-corrected chi connectivity index (χ3v) is 5.64. The van der Waals surface area contributed by atoms with Gasteiger partial charge in [-0.05, 0) is 80.9 Å². The van der Waals surface area contributed by atoms with Crippen molar-refractivity contribution in [1.82, 2.24) is 10.6 Å². The van der Waals surface area contributed by atoms with Crippen molar-refractivity contribution < 1.29 is 4.39 Å². The average Bonchev–Trinajstić information content (AvgIpc) is 3.17. The fourth-order valence-electron chi connectivity index (χ4n) is 4.26. The van der Waals surface area contributed by atoms with Gasteiger partial charge in [-0.3, -0.25) is 0 Å². The molecule has 1 aromatic rings. The summed E-state index contributed by atoms with van der Waals surface area (Å²) >= 11 is 0. The number of nitrogens with one attached hydrogen (secondary N) is 2. The topological polar surface area (TPSA) is 24.1 Å². The Morgan fingerprint density at radius 1 is 1.27 bits per heavy atom. The molecule has 22 heavy (non-hydrogen) atoms. The molecule has 1 aliphatic heterocycles.